The summed E-state index contributed by atoms with van der Waals surface area (Å²) < 4.78 is 0. The Morgan fingerprint density at radius 2 is 2.12 bits per heavy atom. The van der Waals surface area contributed by atoms with Gasteiger partial charge in [0.05, 0.1) is 22.1 Å². The molecule has 0 saturated carbocycles. The number of thiocarbonyl (C=S) groups is 1. The highest BCUT2D eigenvalue weighted by molar-refractivity contribution is 7.80. The second kappa shape index (κ2) is 5.48. The molecule has 0 heterocycles. The Balaban J connectivity index is 2.95. The minimum Gasteiger partial charge on any atom is -0.392 e. The lowest BCUT2D eigenvalue weighted by molar-refractivity contribution is 0.0815. The van der Waals surface area contributed by atoms with Gasteiger partial charge in [-0.05, 0) is 18.2 Å². The largest absolute Gasteiger partial charge is 0.392 e. The fraction of sp³-hybridized carbons (Fsp3) is 0.200. The maximum atomic E-state index is 11.9. The smallest absolute Gasteiger partial charge is 0.255 e. The van der Waals surface area contributed by atoms with Gasteiger partial charge < -0.3 is 10.6 Å². The molecule has 0 fully saturated rings. The molecule has 6 heteroatoms. The van der Waals surface area contributed by atoms with Crippen LogP contribution in [0.4, 0.5) is 0 Å². The second-order valence-electron chi connectivity index (χ2n) is 3.25. The number of likely N-dealkylation sites (N-methyl/N-ethyl adjacent to an activating group) is 1. The molecule has 0 bridgehead atoms. The fourth-order valence-corrected chi connectivity index (χ4v) is 1.74. The molecule has 0 atom stereocenters. The molecular weight excluding hydrogens is 267 g/mol. The summed E-state index contributed by atoms with van der Waals surface area (Å²) in [6.07, 6.45) is 0. The number of carbonyl (C=O) groups is 1. The van der Waals surface area contributed by atoms with Crippen LogP contribution >= 0.6 is 35.4 Å². The fourth-order valence-electron chi connectivity index (χ4n) is 1.17. The van der Waals surface area contributed by atoms with Gasteiger partial charge in [-0.25, -0.2) is 0 Å². The Morgan fingerprint density at radius 1 is 1.50 bits per heavy atom. The van der Waals surface area contributed by atoms with Gasteiger partial charge in [0.1, 0.15) is 0 Å². The van der Waals surface area contributed by atoms with E-state index in [-0.39, 0.29) is 17.4 Å². The van der Waals surface area contributed by atoms with Crippen LogP contribution < -0.4 is 5.73 Å². The molecule has 0 radical (unpaired) electrons. The third-order valence-corrected chi connectivity index (χ3v) is 2.59. The van der Waals surface area contributed by atoms with Crippen molar-refractivity contribution in [3.8, 4) is 0 Å². The third kappa shape index (κ3) is 3.33. The Hall–Kier alpha value is -0.840. The van der Waals surface area contributed by atoms with Gasteiger partial charge >= 0.3 is 0 Å². The van der Waals surface area contributed by atoms with Crippen molar-refractivity contribution in [3.63, 3.8) is 0 Å². The minimum absolute atomic E-state index is 0.205. The maximum absolute atomic E-state index is 11.9. The summed E-state index contributed by atoms with van der Waals surface area (Å²) >= 11 is 16.4. The van der Waals surface area contributed by atoms with E-state index in [1.54, 1.807) is 19.2 Å². The molecule has 0 saturated heterocycles. The third-order valence-electron chi connectivity index (χ3n) is 1.90. The number of carbonyl (C=O) groups excluding carboxylic acids is 1. The number of nitrogens with zero attached hydrogens (tertiary/aromatic N) is 1. The highest BCUT2D eigenvalue weighted by Gasteiger charge is 2.15. The molecule has 0 spiro atoms. The van der Waals surface area contributed by atoms with Gasteiger partial charge in [0.25, 0.3) is 5.91 Å². The lowest BCUT2D eigenvalue weighted by Gasteiger charge is -2.17. The summed E-state index contributed by atoms with van der Waals surface area (Å²) in [5.74, 6) is -0.264. The van der Waals surface area contributed by atoms with Crippen molar-refractivity contribution in [2.45, 2.75) is 0 Å². The van der Waals surface area contributed by atoms with Crippen molar-refractivity contribution in [2.75, 3.05) is 13.6 Å². The van der Waals surface area contributed by atoms with Crippen LogP contribution in [0.3, 0.4) is 0 Å². The lowest BCUT2D eigenvalue weighted by Crippen LogP contribution is -2.34. The summed E-state index contributed by atoms with van der Waals surface area (Å²) in [4.78, 5) is 13.6. The molecule has 0 aromatic heterocycles. The van der Waals surface area contributed by atoms with E-state index >= 15 is 0 Å². The predicted octanol–water partition coefficient (Wildman–Crippen LogP) is 2.35. The van der Waals surface area contributed by atoms with Crippen LogP contribution in [0.5, 0.6) is 0 Å². The van der Waals surface area contributed by atoms with Crippen LogP contribution in [0.25, 0.3) is 0 Å². The van der Waals surface area contributed by atoms with Crippen LogP contribution in [-0.4, -0.2) is 29.4 Å². The van der Waals surface area contributed by atoms with Gasteiger partial charge in [0.15, 0.2) is 0 Å². The lowest BCUT2D eigenvalue weighted by atomic mass is 10.2. The van der Waals surface area contributed by atoms with Crippen LogP contribution in [0, 0.1) is 0 Å². The van der Waals surface area contributed by atoms with Crippen molar-refractivity contribution in [1.29, 1.82) is 0 Å². The molecule has 2 N–H and O–H groups in total. The highest BCUT2D eigenvalue weighted by Crippen LogP contribution is 2.21. The quantitative estimate of drug-likeness (QED) is 0.863. The van der Waals surface area contributed by atoms with Crippen molar-refractivity contribution >= 4 is 46.3 Å². The average Bonchev–Trinajstić information content (AvgIpc) is 2.19. The summed E-state index contributed by atoms with van der Waals surface area (Å²) in [5.41, 5.74) is 5.70. The zero-order valence-corrected chi connectivity index (χ0v) is 10.9. The van der Waals surface area contributed by atoms with Gasteiger partial charge in [-0.15, -0.1) is 0 Å². The van der Waals surface area contributed by atoms with Crippen LogP contribution in [0.1, 0.15) is 10.4 Å². The van der Waals surface area contributed by atoms with Gasteiger partial charge in [0, 0.05) is 12.1 Å². The number of nitrogens with two attached hydrogens (primary N) is 1. The molecule has 3 nitrogen and oxygen atoms in total. The first kappa shape index (κ1) is 13.2. The second-order valence-corrected chi connectivity index (χ2v) is 4.62. The predicted molar refractivity (Wildman–Crippen MR) is 70.2 cm³/mol. The Bertz CT molecular complexity index is 437. The highest BCUT2D eigenvalue weighted by atomic mass is 35.5. The number of hydrogen-bond acceptors (Lipinski definition) is 2. The van der Waals surface area contributed by atoms with Crippen molar-refractivity contribution in [1.82, 2.24) is 4.90 Å². The first-order valence-corrected chi connectivity index (χ1v) is 5.57. The Kier molecular flexibility index (Phi) is 4.53. The maximum Gasteiger partial charge on any atom is 0.255 e. The molecule has 0 aliphatic carbocycles. The molecule has 0 aliphatic heterocycles. The van der Waals surface area contributed by atoms with Gasteiger partial charge in [-0.2, -0.15) is 0 Å². The summed E-state index contributed by atoms with van der Waals surface area (Å²) in [6.45, 7) is 0.205. The van der Waals surface area contributed by atoms with E-state index in [2.05, 4.69) is 0 Å². The normalized spacial score (nSPS) is 9.94. The number of benzene rings is 1. The van der Waals surface area contributed by atoms with E-state index in [0.29, 0.717) is 15.6 Å². The van der Waals surface area contributed by atoms with E-state index < -0.39 is 0 Å². The molecule has 1 aromatic carbocycles. The topological polar surface area (TPSA) is 46.3 Å². The molecule has 0 unspecified atom stereocenters. The zero-order valence-electron chi connectivity index (χ0n) is 8.54. The number of amides is 1. The van der Waals surface area contributed by atoms with Crippen molar-refractivity contribution in [3.05, 3.63) is 33.8 Å². The molecular formula is C10H10Cl2N2OS. The molecule has 16 heavy (non-hydrogen) atoms. The number of halogens is 2. The molecule has 86 valence electrons. The summed E-state index contributed by atoms with van der Waals surface area (Å²) in [7, 11) is 1.60. The van der Waals surface area contributed by atoms with Crippen LogP contribution in [0.2, 0.25) is 10.0 Å². The minimum atomic E-state index is -0.264. The van der Waals surface area contributed by atoms with Crippen molar-refractivity contribution in [2.24, 2.45) is 5.73 Å². The molecule has 1 amide bonds. The standard InChI is InChI=1S/C10H10Cl2N2OS/c1-14(5-9(13)16)10(15)7-4-6(11)2-3-8(7)12/h2-4H,5H2,1H3,(H2,13,16). The zero-order chi connectivity index (χ0) is 12.3. The monoisotopic (exact) mass is 276 g/mol. The molecule has 1 rings (SSSR count). The number of rotatable bonds is 3. The van der Waals surface area contributed by atoms with E-state index in [4.69, 9.17) is 41.2 Å². The van der Waals surface area contributed by atoms with E-state index in [9.17, 15) is 4.79 Å². The summed E-state index contributed by atoms with van der Waals surface area (Å²) in [6, 6.07) is 4.71. The van der Waals surface area contributed by atoms with Crippen LogP contribution in [0.15, 0.2) is 18.2 Å². The Labute approximate surface area is 109 Å². The average molecular weight is 277 g/mol. The SMILES string of the molecule is CN(CC(N)=S)C(=O)c1cc(Cl)ccc1Cl. The van der Waals surface area contributed by atoms with Gasteiger partial charge in [-0.1, -0.05) is 35.4 Å². The molecule has 1 aromatic rings. The molecule has 0 aliphatic rings. The van der Waals surface area contributed by atoms with Gasteiger partial charge in [0.2, 0.25) is 0 Å². The van der Waals surface area contributed by atoms with E-state index in [1.165, 1.54) is 11.0 Å². The Morgan fingerprint density at radius 3 is 2.69 bits per heavy atom. The van der Waals surface area contributed by atoms with E-state index in [0.717, 1.165) is 0 Å². The van der Waals surface area contributed by atoms with Gasteiger partial charge in [-0.3, -0.25) is 4.79 Å². The van der Waals surface area contributed by atoms with Crippen molar-refractivity contribution < 1.29 is 4.79 Å². The number of hydrogen-bond donors (Lipinski definition) is 1. The first-order valence-electron chi connectivity index (χ1n) is 4.40. The first-order chi connectivity index (χ1) is 7.41. The van der Waals surface area contributed by atoms with Crippen LogP contribution in [-0.2, 0) is 0 Å². The summed E-state index contributed by atoms with van der Waals surface area (Å²) in [5, 5.41) is 0.806. The van der Waals surface area contributed by atoms with E-state index in [1.807, 2.05) is 0 Å².